The number of rotatable bonds is 6. The molecule has 2 aromatic carbocycles. The molecule has 2 aliphatic rings. The van der Waals surface area contributed by atoms with Crippen LogP contribution in [0, 0.1) is 17.2 Å². The molecular formula is C27H28N4O3. The summed E-state index contributed by atoms with van der Waals surface area (Å²) in [6, 6.07) is 17.6. The average molecular weight is 457 g/mol. The molecule has 0 atom stereocenters. The molecule has 7 nitrogen and oxygen atoms in total. The fourth-order valence-electron chi connectivity index (χ4n) is 4.65. The molecule has 0 radical (unpaired) electrons. The summed E-state index contributed by atoms with van der Waals surface area (Å²) in [4.78, 5) is 25.0. The van der Waals surface area contributed by atoms with Crippen LogP contribution < -0.4 is 5.32 Å². The lowest BCUT2D eigenvalue weighted by molar-refractivity contribution is -0.130. The molecule has 7 heteroatoms. The Labute approximate surface area is 199 Å². The fourth-order valence-corrected chi connectivity index (χ4v) is 4.65. The summed E-state index contributed by atoms with van der Waals surface area (Å²) in [6.07, 6.45) is 5.43. The molecule has 2 aromatic rings. The van der Waals surface area contributed by atoms with E-state index in [4.69, 9.17) is 5.26 Å². The zero-order valence-corrected chi connectivity index (χ0v) is 19.3. The van der Waals surface area contributed by atoms with Gasteiger partial charge in [0.1, 0.15) is 12.4 Å². The molecule has 1 saturated carbocycles. The number of nitriles is 1. The summed E-state index contributed by atoms with van der Waals surface area (Å²) < 4.78 is 0. The topological polar surface area (TPSA) is 106 Å². The lowest BCUT2D eigenvalue weighted by atomic mass is 9.81. The second-order valence-corrected chi connectivity index (χ2v) is 8.64. The van der Waals surface area contributed by atoms with Gasteiger partial charge in [-0.3, -0.25) is 4.79 Å². The Balaban J connectivity index is 1.69. The van der Waals surface area contributed by atoms with Crippen molar-refractivity contribution in [1.29, 1.82) is 5.26 Å². The van der Waals surface area contributed by atoms with Crippen molar-refractivity contribution in [2.24, 2.45) is 11.0 Å². The van der Waals surface area contributed by atoms with E-state index in [0.717, 1.165) is 48.1 Å². The van der Waals surface area contributed by atoms with Crippen LogP contribution in [0.3, 0.4) is 0 Å². The van der Waals surface area contributed by atoms with Crippen LogP contribution in [0.15, 0.2) is 59.2 Å². The number of hydrogen-bond donors (Lipinski definition) is 2. The number of benzene rings is 2. The van der Waals surface area contributed by atoms with E-state index in [1.807, 2.05) is 36.4 Å². The summed E-state index contributed by atoms with van der Waals surface area (Å²) in [7, 11) is 0. The minimum absolute atomic E-state index is 0.0339. The number of hydrazone groups is 1. The third kappa shape index (κ3) is 4.86. The zero-order valence-electron chi connectivity index (χ0n) is 19.3. The smallest absolute Gasteiger partial charge is 0.352 e. The number of nitrogens with zero attached hydrogens (tertiary/aromatic N) is 3. The number of nitrogens with one attached hydrogen (secondary N) is 1. The molecular weight excluding hydrogens is 428 g/mol. The third-order valence-corrected chi connectivity index (χ3v) is 6.50. The highest BCUT2D eigenvalue weighted by atomic mass is 16.4. The Morgan fingerprint density at radius 1 is 1.06 bits per heavy atom. The monoisotopic (exact) mass is 456 g/mol. The third-order valence-electron chi connectivity index (χ3n) is 6.50. The van der Waals surface area contributed by atoms with Gasteiger partial charge in [0.15, 0.2) is 0 Å². The van der Waals surface area contributed by atoms with E-state index in [9.17, 15) is 14.7 Å². The number of hydrogen-bond acceptors (Lipinski definition) is 5. The molecule has 4 rings (SSSR count). The van der Waals surface area contributed by atoms with Gasteiger partial charge in [-0.2, -0.15) is 10.4 Å². The van der Waals surface area contributed by atoms with Gasteiger partial charge >= 0.3 is 5.97 Å². The van der Waals surface area contributed by atoms with Crippen molar-refractivity contribution in [3.05, 3.63) is 65.2 Å². The van der Waals surface area contributed by atoms with Crippen LogP contribution in [0.2, 0.25) is 0 Å². The summed E-state index contributed by atoms with van der Waals surface area (Å²) in [5.41, 5.74) is 5.05. The van der Waals surface area contributed by atoms with Gasteiger partial charge in [0.05, 0.1) is 17.3 Å². The molecule has 0 bridgehead atoms. The summed E-state index contributed by atoms with van der Waals surface area (Å²) >= 11 is 0. The Bertz CT molecular complexity index is 1170. The van der Waals surface area contributed by atoms with Crippen molar-refractivity contribution in [3.8, 4) is 17.2 Å². The van der Waals surface area contributed by atoms with Crippen LogP contribution in [-0.4, -0.2) is 34.4 Å². The maximum atomic E-state index is 13.5. The highest BCUT2D eigenvalue weighted by Gasteiger charge is 2.34. The first-order valence-electron chi connectivity index (χ1n) is 11.7. The largest absolute Gasteiger partial charge is 0.477 e. The van der Waals surface area contributed by atoms with E-state index in [-0.39, 0.29) is 30.6 Å². The van der Waals surface area contributed by atoms with Gasteiger partial charge < -0.3 is 10.4 Å². The highest BCUT2D eigenvalue weighted by Crippen LogP contribution is 2.36. The number of amides is 1. The number of carboxylic acid groups (broad SMARTS) is 1. The average Bonchev–Trinajstić information content (AvgIpc) is 2.88. The van der Waals surface area contributed by atoms with Crippen molar-refractivity contribution in [1.82, 2.24) is 10.3 Å². The van der Waals surface area contributed by atoms with Crippen LogP contribution in [0.5, 0.6) is 0 Å². The number of carboxylic acids is 1. The first-order valence-corrected chi connectivity index (χ1v) is 11.7. The van der Waals surface area contributed by atoms with Gasteiger partial charge in [-0.15, -0.1) is 0 Å². The van der Waals surface area contributed by atoms with Gasteiger partial charge in [0, 0.05) is 5.57 Å². The predicted molar refractivity (Wildman–Crippen MR) is 130 cm³/mol. The Kier molecular flexibility index (Phi) is 7.07. The van der Waals surface area contributed by atoms with Crippen LogP contribution in [0.25, 0.3) is 16.8 Å². The maximum Gasteiger partial charge on any atom is 0.352 e. The predicted octanol–water partition coefficient (Wildman–Crippen LogP) is 4.76. The summed E-state index contributed by atoms with van der Waals surface area (Å²) in [6.45, 7) is 1.84. The molecule has 2 N–H and O–H groups in total. The summed E-state index contributed by atoms with van der Waals surface area (Å²) in [5, 5.41) is 27.1. The first kappa shape index (κ1) is 23.2. The van der Waals surface area contributed by atoms with Crippen LogP contribution in [0.4, 0.5) is 0 Å². The van der Waals surface area contributed by atoms with E-state index in [0.29, 0.717) is 11.1 Å². The van der Waals surface area contributed by atoms with E-state index in [1.165, 1.54) is 11.4 Å². The van der Waals surface area contributed by atoms with Crippen LogP contribution >= 0.6 is 0 Å². The van der Waals surface area contributed by atoms with Crippen molar-refractivity contribution in [3.63, 3.8) is 0 Å². The quantitative estimate of drug-likeness (QED) is 0.610. The second kappa shape index (κ2) is 10.3. The van der Waals surface area contributed by atoms with Gasteiger partial charge in [-0.25, -0.2) is 9.80 Å². The van der Waals surface area contributed by atoms with Gasteiger partial charge in [0.25, 0.3) is 5.91 Å². The van der Waals surface area contributed by atoms with Crippen LogP contribution in [-0.2, 0) is 9.59 Å². The second-order valence-electron chi connectivity index (χ2n) is 8.64. The molecule has 1 amide bonds. The highest BCUT2D eigenvalue weighted by molar-refractivity contribution is 6.35. The zero-order chi connectivity index (χ0) is 24.1. The molecule has 0 unspecified atom stereocenters. The Morgan fingerprint density at radius 3 is 2.21 bits per heavy atom. The van der Waals surface area contributed by atoms with Crippen molar-refractivity contribution < 1.29 is 14.7 Å². The number of carbonyl (C=O) groups excluding carboxylic acids is 1. The minimum atomic E-state index is -1.11. The molecule has 1 aliphatic heterocycles. The van der Waals surface area contributed by atoms with E-state index in [1.54, 1.807) is 19.1 Å². The lowest BCUT2D eigenvalue weighted by Crippen LogP contribution is -2.44. The van der Waals surface area contributed by atoms with Gasteiger partial charge in [-0.05, 0) is 54.0 Å². The van der Waals surface area contributed by atoms with Crippen molar-refractivity contribution in [2.75, 3.05) is 6.67 Å². The summed E-state index contributed by atoms with van der Waals surface area (Å²) in [5.74, 6) is -1.21. The molecule has 1 fully saturated rings. The standard InChI is InChI=1S/C27H28N4O3/c1-2-23(27(33)34)30-31-17-29-25(24(26(31)32)21-6-4-3-5-7-21)22-14-12-20(13-15-22)19-10-8-18(16-28)9-11-19/h8-15,21,29H,2-7,17H2,1H3,(H,33,34)/b30-23+. The Hall–Kier alpha value is -3.92. The lowest BCUT2D eigenvalue weighted by Gasteiger charge is -2.34. The van der Waals surface area contributed by atoms with E-state index >= 15 is 0 Å². The van der Waals surface area contributed by atoms with Crippen molar-refractivity contribution >= 4 is 23.3 Å². The van der Waals surface area contributed by atoms with Crippen LogP contribution in [0.1, 0.15) is 56.6 Å². The normalized spacial score (nSPS) is 17.4. The maximum absolute atomic E-state index is 13.5. The Morgan fingerprint density at radius 2 is 1.65 bits per heavy atom. The minimum Gasteiger partial charge on any atom is -0.477 e. The number of aliphatic carboxylic acids is 1. The molecule has 34 heavy (non-hydrogen) atoms. The molecule has 174 valence electrons. The van der Waals surface area contributed by atoms with Gasteiger partial charge in [-0.1, -0.05) is 62.6 Å². The fraction of sp³-hybridized carbons (Fsp3) is 0.333. The van der Waals surface area contributed by atoms with E-state index < -0.39 is 5.97 Å². The SMILES string of the molecule is CC/C(=N\N1CNC(c2ccc(-c3ccc(C#N)cc3)cc2)=C(C2CCCCC2)C1=O)C(=O)O. The number of carbonyl (C=O) groups is 2. The molecule has 1 aliphatic carbocycles. The molecule has 0 saturated heterocycles. The molecule has 0 aromatic heterocycles. The van der Waals surface area contributed by atoms with Crippen molar-refractivity contribution in [2.45, 2.75) is 45.4 Å². The molecule has 0 spiro atoms. The molecule has 1 heterocycles. The first-order chi connectivity index (χ1) is 16.5. The van der Waals surface area contributed by atoms with E-state index in [2.05, 4.69) is 16.5 Å². The van der Waals surface area contributed by atoms with Gasteiger partial charge in [0.2, 0.25) is 0 Å².